The van der Waals surface area contributed by atoms with Gasteiger partial charge in [-0.1, -0.05) is 12.2 Å². The fraction of sp³-hybridized carbons (Fsp3) is 0.323. The summed E-state index contributed by atoms with van der Waals surface area (Å²) in [5.74, 6) is -0.953. The first-order valence-electron chi connectivity index (χ1n) is 14.8. The predicted molar refractivity (Wildman–Crippen MR) is 175 cm³/mol. The van der Waals surface area contributed by atoms with Crippen LogP contribution < -0.4 is 37.5 Å². The smallest absolute Gasteiger partial charge is 0.276 e. The van der Waals surface area contributed by atoms with Gasteiger partial charge in [-0.05, 0) is 44.2 Å². The number of carbonyl (C=O) groups excluding carboxylic acids is 3. The van der Waals surface area contributed by atoms with E-state index in [-0.39, 0.29) is 17.4 Å². The fourth-order valence-corrected chi connectivity index (χ4v) is 5.40. The van der Waals surface area contributed by atoms with Crippen LogP contribution in [0, 0.1) is 6.92 Å². The number of aromatic nitrogens is 4. The monoisotopic (exact) mass is 630 g/mol. The SMILES string of the molecule is CCn1nc(C)cc1C(=O)Nc1nc2cc(C(N)=O)cc(OC)c2n1C/C=C/CNc1c(N)cc(C(N)=O)cc1N1CCOCC1. The number of ether oxygens (including phenoxy) is 2. The van der Waals surface area contributed by atoms with E-state index < -0.39 is 11.8 Å². The van der Waals surface area contributed by atoms with Crippen LogP contribution in [0.1, 0.15) is 43.8 Å². The molecule has 1 fully saturated rings. The Labute approximate surface area is 265 Å². The zero-order valence-electron chi connectivity index (χ0n) is 26.0. The third-order valence-corrected chi connectivity index (χ3v) is 7.61. The molecule has 8 N–H and O–H groups in total. The van der Waals surface area contributed by atoms with Gasteiger partial charge in [0.25, 0.3) is 5.91 Å². The lowest BCUT2D eigenvalue weighted by molar-refractivity contribution is 0.0991. The second-order valence-electron chi connectivity index (χ2n) is 10.7. The van der Waals surface area contributed by atoms with Gasteiger partial charge in [0.15, 0.2) is 0 Å². The van der Waals surface area contributed by atoms with E-state index in [0.717, 1.165) is 5.69 Å². The Bertz CT molecular complexity index is 1820. The molecule has 2 aromatic carbocycles. The maximum absolute atomic E-state index is 13.3. The Kier molecular flexibility index (Phi) is 9.42. The topological polar surface area (TPSA) is 211 Å². The van der Waals surface area contributed by atoms with Crippen molar-refractivity contribution in [2.24, 2.45) is 11.5 Å². The van der Waals surface area contributed by atoms with Crippen molar-refractivity contribution in [3.8, 4) is 5.75 Å². The summed E-state index contributed by atoms with van der Waals surface area (Å²) in [6.07, 6.45) is 3.80. The molecule has 15 nitrogen and oxygen atoms in total. The lowest BCUT2D eigenvalue weighted by atomic mass is 10.1. The molecule has 1 aliphatic rings. The molecular formula is C31H38N10O5. The predicted octanol–water partition coefficient (Wildman–Crippen LogP) is 2.11. The highest BCUT2D eigenvalue weighted by Crippen LogP contribution is 2.34. The van der Waals surface area contributed by atoms with Gasteiger partial charge in [0, 0.05) is 43.9 Å². The van der Waals surface area contributed by atoms with E-state index >= 15 is 0 Å². The second kappa shape index (κ2) is 13.6. The minimum atomic E-state index is -0.631. The van der Waals surface area contributed by atoms with Crippen molar-refractivity contribution in [3.63, 3.8) is 0 Å². The van der Waals surface area contributed by atoms with Crippen LogP contribution >= 0.6 is 0 Å². The molecular weight excluding hydrogens is 592 g/mol. The van der Waals surface area contributed by atoms with Gasteiger partial charge in [0.05, 0.1) is 48.6 Å². The average molecular weight is 631 g/mol. The number of morpholine rings is 1. The van der Waals surface area contributed by atoms with Crippen LogP contribution in [0.25, 0.3) is 11.0 Å². The molecule has 3 amide bonds. The fourth-order valence-electron chi connectivity index (χ4n) is 5.40. The number of hydrogen-bond donors (Lipinski definition) is 5. The number of nitrogens with one attached hydrogen (secondary N) is 2. The molecule has 1 aliphatic heterocycles. The minimum absolute atomic E-state index is 0.224. The number of nitrogens with two attached hydrogens (primary N) is 3. The number of benzene rings is 2. The number of aryl methyl sites for hydroxylation is 2. The zero-order chi connectivity index (χ0) is 33.0. The van der Waals surface area contributed by atoms with Gasteiger partial charge >= 0.3 is 0 Å². The number of allylic oxidation sites excluding steroid dienone is 1. The van der Waals surface area contributed by atoms with E-state index in [2.05, 4.69) is 25.6 Å². The van der Waals surface area contributed by atoms with Gasteiger partial charge in [-0.2, -0.15) is 5.10 Å². The number of methoxy groups -OCH3 is 1. The molecule has 0 radical (unpaired) electrons. The lowest BCUT2D eigenvalue weighted by Gasteiger charge is -2.31. The highest BCUT2D eigenvalue weighted by atomic mass is 16.5. The Morgan fingerprint density at radius 2 is 1.76 bits per heavy atom. The standard InChI is InChI=1S/C31H38N10O5/c1-4-41-24(13-18(2)38-41)30(44)37-31-36-22-15-20(29(34)43)17-25(45-3)27(22)40(31)8-6-5-7-35-26-21(32)14-19(28(33)42)16-23(26)39-9-11-46-12-10-39/h5-6,13-17,35H,4,7-12,32H2,1-3H3,(H2,33,42)(H2,34,43)(H,36,37,44)/b6-5+. The highest BCUT2D eigenvalue weighted by molar-refractivity contribution is 6.04. The first-order chi connectivity index (χ1) is 22.1. The molecule has 46 heavy (non-hydrogen) atoms. The van der Waals surface area contributed by atoms with E-state index in [1.807, 2.05) is 26.0 Å². The van der Waals surface area contributed by atoms with Crippen LogP contribution in [0.5, 0.6) is 5.75 Å². The molecule has 242 valence electrons. The Hall–Kier alpha value is -5.57. The number of nitrogen functional groups attached to an aromatic ring is 1. The molecule has 0 spiro atoms. The molecule has 4 aromatic rings. The second-order valence-corrected chi connectivity index (χ2v) is 10.7. The number of primary amides is 2. The molecule has 5 rings (SSSR count). The molecule has 15 heteroatoms. The summed E-state index contributed by atoms with van der Waals surface area (Å²) in [7, 11) is 1.48. The van der Waals surface area contributed by atoms with Gasteiger partial charge in [-0.3, -0.25) is 24.4 Å². The molecule has 2 aromatic heterocycles. The number of anilines is 4. The summed E-state index contributed by atoms with van der Waals surface area (Å²) in [6.45, 7) is 7.32. The van der Waals surface area contributed by atoms with Crippen molar-refractivity contribution in [2.75, 3.05) is 61.2 Å². The number of nitrogens with zero attached hydrogens (tertiary/aromatic N) is 5. The van der Waals surface area contributed by atoms with Crippen molar-refractivity contribution < 1.29 is 23.9 Å². The molecule has 0 saturated carbocycles. The van der Waals surface area contributed by atoms with E-state index in [1.165, 1.54) is 7.11 Å². The van der Waals surface area contributed by atoms with Crippen molar-refractivity contribution in [1.82, 2.24) is 19.3 Å². The quantitative estimate of drug-likeness (QED) is 0.114. The maximum Gasteiger partial charge on any atom is 0.276 e. The third kappa shape index (κ3) is 6.58. The van der Waals surface area contributed by atoms with Crippen molar-refractivity contribution in [1.29, 1.82) is 0 Å². The van der Waals surface area contributed by atoms with E-state index in [1.54, 1.807) is 39.6 Å². The Morgan fingerprint density at radius 3 is 2.43 bits per heavy atom. The van der Waals surface area contributed by atoms with Gasteiger partial charge in [-0.15, -0.1) is 0 Å². The molecule has 0 unspecified atom stereocenters. The summed E-state index contributed by atoms with van der Waals surface area (Å²) in [4.78, 5) is 44.0. The van der Waals surface area contributed by atoms with Crippen LogP contribution in [0.3, 0.4) is 0 Å². The van der Waals surface area contributed by atoms with E-state index in [9.17, 15) is 14.4 Å². The first-order valence-corrected chi connectivity index (χ1v) is 14.8. The number of rotatable bonds is 12. The Morgan fingerprint density at radius 1 is 1.04 bits per heavy atom. The van der Waals surface area contributed by atoms with Crippen LogP contribution in [-0.4, -0.2) is 77.0 Å². The number of imidazole rings is 1. The van der Waals surface area contributed by atoms with Gasteiger partial charge < -0.3 is 41.5 Å². The largest absolute Gasteiger partial charge is 0.494 e. The number of fused-ring (bicyclic) bond motifs is 1. The van der Waals surface area contributed by atoms with Crippen LogP contribution in [0.15, 0.2) is 42.5 Å². The molecule has 0 aliphatic carbocycles. The summed E-state index contributed by atoms with van der Waals surface area (Å²) < 4.78 is 14.5. The van der Waals surface area contributed by atoms with Crippen LogP contribution in [-0.2, 0) is 17.8 Å². The van der Waals surface area contributed by atoms with Crippen LogP contribution in [0.2, 0.25) is 0 Å². The molecule has 0 atom stereocenters. The number of hydrogen-bond acceptors (Lipinski definition) is 10. The highest BCUT2D eigenvalue weighted by Gasteiger charge is 2.22. The van der Waals surface area contributed by atoms with Crippen molar-refractivity contribution in [3.05, 3.63) is 65.0 Å². The minimum Gasteiger partial charge on any atom is -0.494 e. The van der Waals surface area contributed by atoms with Crippen molar-refractivity contribution in [2.45, 2.75) is 26.9 Å². The zero-order valence-corrected chi connectivity index (χ0v) is 26.0. The Balaban J connectivity index is 1.43. The maximum atomic E-state index is 13.3. The van der Waals surface area contributed by atoms with Crippen LogP contribution in [0.4, 0.5) is 23.0 Å². The molecule has 0 bridgehead atoms. The van der Waals surface area contributed by atoms with Crippen molar-refractivity contribution >= 4 is 51.8 Å². The molecule has 1 saturated heterocycles. The molecule has 3 heterocycles. The van der Waals surface area contributed by atoms with Gasteiger partial charge in [0.1, 0.15) is 17.0 Å². The summed E-state index contributed by atoms with van der Waals surface area (Å²) in [5.41, 5.74) is 22.0. The number of amides is 3. The summed E-state index contributed by atoms with van der Waals surface area (Å²) in [5, 5.41) is 10.6. The number of carbonyl (C=O) groups is 3. The summed E-state index contributed by atoms with van der Waals surface area (Å²) >= 11 is 0. The third-order valence-electron chi connectivity index (χ3n) is 7.61. The summed E-state index contributed by atoms with van der Waals surface area (Å²) in [6, 6.07) is 8.10. The van der Waals surface area contributed by atoms with Gasteiger partial charge in [0.2, 0.25) is 17.8 Å². The van der Waals surface area contributed by atoms with E-state index in [0.29, 0.717) is 91.0 Å². The van der Waals surface area contributed by atoms with Gasteiger partial charge in [-0.25, -0.2) is 4.98 Å². The first kappa shape index (κ1) is 31.8. The van der Waals surface area contributed by atoms with E-state index in [4.69, 9.17) is 26.7 Å². The lowest BCUT2D eigenvalue weighted by Crippen LogP contribution is -2.37. The normalized spacial score (nSPS) is 13.3. The average Bonchev–Trinajstić information content (AvgIpc) is 3.60.